The molecule has 2 nitrogen and oxygen atoms in total. The Morgan fingerprint density at radius 1 is 0.833 bits per heavy atom. The van der Waals surface area contributed by atoms with Crippen LogP contribution in [0.25, 0.3) is 53.5 Å². The highest BCUT2D eigenvalue weighted by molar-refractivity contribution is 7.26. The van der Waals surface area contributed by atoms with Gasteiger partial charge < -0.3 is 0 Å². The quantitative estimate of drug-likeness (QED) is 0.248. The van der Waals surface area contributed by atoms with Crippen molar-refractivity contribution < 1.29 is 1.37 Å². The molecule has 0 saturated heterocycles. The van der Waals surface area contributed by atoms with E-state index in [9.17, 15) is 0 Å². The minimum atomic E-state index is 0.265. The van der Waals surface area contributed by atoms with Crippen LogP contribution in [-0.2, 0) is 6.42 Å². The molecule has 0 fully saturated rings. The summed E-state index contributed by atoms with van der Waals surface area (Å²) in [4.78, 5) is 9.36. The Hall–Kier alpha value is -3.56. The highest BCUT2D eigenvalue weighted by Crippen LogP contribution is 2.41. The van der Waals surface area contributed by atoms with Gasteiger partial charge in [0.25, 0.3) is 0 Å². The molecule has 0 N–H and O–H groups in total. The minimum Gasteiger partial charge on any atom is -0.235 e. The van der Waals surface area contributed by atoms with E-state index in [1.54, 1.807) is 17.7 Å². The summed E-state index contributed by atoms with van der Waals surface area (Å²) < 4.78 is 10.8. The average Bonchev–Trinajstić information content (AvgIpc) is 3.20. The van der Waals surface area contributed by atoms with Gasteiger partial charge in [-0.3, -0.25) is 0 Å². The Morgan fingerprint density at radius 3 is 2.33 bits per heavy atom. The topological polar surface area (TPSA) is 25.8 Å². The second-order valence-corrected chi connectivity index (χ2v) is 12.1. The van der Waals surface area contributed by atoms with E-state index in [1.807, 2.05) is 24.3 Å². The van der Waals surface area contributed by atoms with Crippen molar-refractivity contribution in [3.63, 3.8) is 0 Å². The predicted molar refractivity (Wildman–Crippen MR) is 156 cm³/mol. The molecule has 0 bridgehead atoms. The third kappa shape index (κ3) is 4.08. The molecule has 0 aliphatic rings. The van der Waals surface area contributed by atoms with Crippen LogP contribution in [0.3, 0.4) is 0 Å². The lowest BCUT2D eigenvalue weighted by Gasteiger charge is -2.20. The van der Waals surface area contributed by atoms with E-state index in [0.717, 1.165) is 44.1 Å². The minimum absolute atomic E-state index is 0.265. The van der Waals surface area contributed by atoms with Gasteiger partial charge in [-0.15, -0.1) is 11.3 Å². The summed E-state index contributed by atoms with van der Waals surface area (Å²) in [6.07, 6.45) is 2.72. The zero-order valence-corrected chi connectivity index (χ0v) is 22.3. The van der Waals surface area contributed by atoms with E-state index in [0.29, 0.717) is 6.04 Å². The highest BCUT2D eigenvalue weighted by atomic mass is 32.1. The van der Waals surface area contributed by atoms with E-state index in [1.165, 1.54) is 32.5 Å². The maximum absolute atomic E-state index is 8.56. The molecular formula is C33H30N2S. The first-order chi connectivity index (χ1) is 17.7. The van der Waals surface area contributed by atoms with E-state index < -0.39 is 0 Å². The average molecular weight is 488 g/mol. The number of rotatable bonds is 3. The molecule has 0 spiro atoms. The number of nitrogens with zero attached hydrogens (tertiary/aromatic N) is 2. The molecule has 6 rings (SSSR count). The van der Waals surface area contributed by atoms with Crippen molar-refractivity contribution in [1.82, 2.24) is 9.97 Å². The first-order valence-electron chi connectivity index (χ1n) is 13.0. The molecule has 2 aromatic heterocycles. The van der Waals surface area contributed by atoms with Crippen LogP contribution in [0.1, 0.15) is 38.8 Å². The van der Waals surface area contributed by atoms with Crippen LogP contribution in [0.2, 0.25) is 0 Å². The highest BCUT2D eigenvalue weighted by Gasteiger charge is 2.17. The molecule has 0 aliphatic heterocycles. The standard InChI is InChI=1S/C33H30N2S/c1-20-14-22(18-33(3,4)5)15-21(2)29(20)25-12-13-27-28(17-25)36-32-30(34-19-35-31(27)32)26-11-10-23-8-6-7-9-24(23)16-26/h6-17,19H,18H2,1-5H3/i10D. The van der Waals surface area contributed by atoms with Crippen LogP contribution in [-0.4, -0.2) is 9.97 Å². The monoisotopic (exact) mass is 487 g/mol. The molecule has 0 radical (unpaired) electrons. The molecule has 0 aliphatic carbocycles. The molecular weight excluding hydrogens is 456 g/mol. The second-order valence-electron chi connectivity index (χ2n) is 11.0. The van der Waals surface area contributed by atoms with E-state index >= 15 is 0 Å². The van der Waals surface area contributed by atoms with Crippen LogP contribution in [0.15, 0.2) is 79.1 Å². The van der Waals surface area contributed by atoms with Crippen LogP contribution in [0, 0.1) is 19.3 Å². The summed E-state index contributed by atoms with van der Waals surface area (Å²) in [5.74, 6) is 0. The summed E-state index contributed by atoms with van der Waals surface area (Å²) in [5, 5.41) is 3.16. The van der Waals surface area contributed by atoms with Crippen molar-refractivity contribution in [2.24, 2.45) is 5.41 Å². The van der Waals surface area contributed by atoms with E-state index in [4.69, 9.17) is 1.37 Å². The number of fused-ring (bicyclic) bond motifs is 4. The molecule has 4 aromatic carbocycles. The van der Waals surface area contributed by atoms with Crippen molar-refractivity contribution in [1.29, 1.82) is 0 Å². The fraction of sp³-hybridized carbons (Fsp3) is 0.212. The van der Waals surface area contributed by atoms with Crippen molar-refractivity contribution in [2.45, 2.75) is 41.0 Å². The van der Waals surface area contributed by atoms with E-state index in [2.05, 4.69) is 87.1 Å². The third-order valence-corrected chi connectivity index (χ3v) is 7.95. The summed E-state index contributed by atoms with van der Waals surface area (Å²) in [5.41, 5.74) is 9.69. The Bertz CT molecular complexity index is 1800. The number of aromatic nitrogens is 2. The first kappa shape index (κ1) is 21.7. The lowest BCUT2D eigenvalue weighted by Crippen LogP contribution is -2.09. The van der Waals surface area contributed by atoms with E-state index in [-0.39, 0.29) is 5.41 Å². The molecule has 0 saturated carbocycles. The first-order valence-corrected chi connectivity index (χ1v) is 13.3. The van der Waals surface area contributed by atoms with Crippen LogP contribution in [0.4, 0.5) is 0 Å². The van der Waals surface area contributed by atoms with Gasteiger partial charge in [0.1, 0.15) is 6.33 Å². The van der Waals surface area contributed by atoms with Crippen molar-refractivity contribution in [3.8, 4) is 22.4 Å². The third-order valence-electron chi connectivity index (χ3n) is 6.80. The summed E-state index contributed by atoms with van der Waals surface area (Å²) in [6, 6.07) is 24.1. The zero-order valence-electron chi connectivity index (χ0n) is 22.4. The SMILES string of the molecule is [2H]c1cc(-c2ncnc3c2sc2cc(-c4c(C)cc(CC(C)(C)C)cc4C)ccc23)cc2ccccc12. The lowest BCUT2D eigenvalue weighted by atomic mass is 9.85. The predicted octanol–water partition coefficient (Wildman–Crippen LogP) is 9.54. The summed E-state index contributed by atoms with van der Waals surface area (Å²) in [6.45, 7) is 11.3. The maximum atomic E-state index is 8.56. The normalized spacial score (nSPS) is 12.5. The van der Waals surface area contributed by atoms with Gasteiger partial charge in [0, 0.05) is 15.6 Å². The Balaban J connectivity index is 1.49. The maximum Gasteiger partial charge on any atom is 0.116 e. The lowest BCUT2D eigenvalue weighted by molar-refractivity contribution is 0.411. The Kier molecular flexibility index (Phi) is 5.14. The van der Waals surface area contributed by atoms with Gasteiger partial charge in [-0.25, -0.2) is 9.97 Å². The number of hydrogen-bond acceptors (Lipinski definition) is 3. The number of thiophene rings is 1. The second kappa shape index (κ2) is 8.53. The van der Waals surface area contributed by atoms with Gasteiger partial charge in [0.15, 0.2) is 0 Å². The fourth-order valence-electron chi connectivity index (χ4n) is 5.41. The number of aryl methyl sites for hydroxylation is 2. The molecule has 0 atom stereocenters. The molecule has 0 unspecified atom stereocenters. The van der Waals surface area contributed by atoms with Crippen LogP contribution in [0.5, 0.6) is 0 Å². The van der Waals surface area contributed by atoms with Crippen LogP contribution < -0.4 is 0 Å². The smallest absolute Gasteiger partial charge is 0.116 e. The molecule has 3 heteroatoms. The summed E-state index contributed by atoms with van der Waals surface area (Å²) >= 11 is 1.74. The van der Waals surface area contributed by atoms with Gasteiger partial charge in [-0.1, -0.05) is 81.4 Å². The number of benzene rings is 4. The Labute approximate surface area is 218 Å². The van der Waals surface area contributed by atoms with Crippen molar-refractivity contribution >= 4 is 42.4 Å². The van der Waals surface area contributed by atoms with Gasteiger partial charge >= 0.3 is 0 Å². The molecule has 178 valence electrons. The number of hydrogen-bond donors (Lipinski definition) is 0. The van der Waals surface area contributed by atoms with Gasteiger partial charge in [-0.05, 0) is 76.4 Å². The molecule has 2 heterocycles. The Morgan fingerprint density at radius 2 is 1.58 bits per heavy atom. The van der Waals surface area contributed by atoms with Gasteiger partial charge in [0.05, 0.1) is 17.3 Å². The van der Waals surface area contributed by atoms with Crippen molar-refractivity contribution in [3.05, 3.63) is 95.8 Å². The zero-order chi connectivity index (χ0) is 25.9. The molecule has 36 heavy (non-hydrogen) atoms. The summed E-state index contributed by atoms with van der Waals surface area (Å²) in [7, 11) is 0. The van der Waals surface area contributed by atoms with Crippen LogP contribution >= 0.6 is 11.3 Å². The van der Waals surface area contributed by atoms with Gasteiger partial charge in [-0.2, -0.15) is 0 Å². The van der Waals surface area contributed by atoms with Gasteiger partial charge in [0.2, 0.25) is 0 Å². The van der Waals surface area contributed by atoms with Crippen molar-refractivity contribution in [2.75, 3.05) is 0 Å². The molecule has 6 aromatic rings. The fourth-order valence-corrected chi connectivity index (χ4v) is 6.62. The molecule has 0 amide bonds. The largest absolute Gasteiger partial charge is 0.235 e.